The highest BCUT2D eigenvalue weighted by Crippen LogP contribution is 2.53. The Balaban J connectivity index is 4.18. The molecule has 0 heterocycles. The Labute approximate surface area is 48.8 Å². The molecule has 0 aliphatic carbocycles. The van der Waals surface area contributed by atoms with Crippen LogP contribution in [-0.2, 0) is 0 Å². The van der Waals surface area contributed by atoms with E-state index in [-0.39, 0.29) is 0 Å². The first-order valence-electron chi connectivity index (χ1n) is 1.81. The quantitative estimate of drug-likeness (QED) is 0.445. The van der Waals surface area contributed by atoms with Crippen molar-refractivity contribution >= 4 is 28.0 Å². The highest BCUT2D eigenvalue weighted by atomic mass is 31.2. The van der Waals surface area contributed by atoms with Crippen molar-refractivity contribution in [1.82, 2.24) is 0 Å². The molecule has 0 aromatic heterocycles. The zero-order valence-electron chi connectivity index (χ0n) is 4.49. The number of hydrogen-bond acceptors (Lipinski definition) is 4. The molecule has 2 N–H and O–H groups in total. The maximum absolute atomic E-state index is 5.32. The molecule has 0 saturated heterocycles. The van der Waals surface area contributed by atoms with Gasteiger partial charge in [-0.15, -0.1) is 5.50 Å². The van der Waals surface area contributed by atoms with Gasteiger partial charge in [-0.25, -0.2) is 0 Å². The van der Waals surface area contributed by atoms with E-state index in [1.165, 1.54) is 0 Å². The molecule has 5 heteroatoms. The summed E-state index contributed by atoms with van der Waals surface area (Å²) in [7, 11) is -2.37. The molecule has 0 radical (unpaired) electrons. The van der Waals surface area contributed by atoms with E-state index in [9.17, 15) is 0 Å². The molecule has 0 fully saturated rings. The van der Waals surface area contributed by atoms with E-state index in [0.717, 1.165) is 0 Å². The monoisotopic (exact) mass is 131 g/mol. The van der Waals surface area contributed by atoms with E-state index in [4.69, 9.17) is 5.50 Å². The lowest BCUT2D eigenvalue weighted by Gasteiger charge is -1.95. The standard InChI is InChI=1S/C3H8N4P/c1-5-8(4,6-2)7-3/h1-4H2/q+1. The minimum atomic E-state index is -2.37. The van der Waals surface area contributed by atoms with E-state index in [0.29, 0.717) is 0 Å². The molecule has 0 atom stereocenters. The average molecular weight is 131 g/mol. The van der Waals surface area contributed by atoms with Crippen LogP contribution >= 0.6 is 7.87 Å². The molecule has 0 amide bonds. The Bertz CT molecular complexity index is 98.7. The molecule has 4 nitrogen and oxygen atoms in total. The van der Waals surface area contributed by atoms with Gasteiger partial charge in [0.25, 0.3) is 0 Å². The van der Waals surface area contributed by atoms with Crippen molar-refractivity contribution in [2.45, 2.75) is 0 Å². The van der Waals surface area contributed by atoms with Crippen molar-refractivity contribution in [2.75, 3.05) is 0 Å². The van der Waals surface area contributed by atoms with Crippen LogP contribution in [0.5, 0.6) is 0 Å². The first-order valence-corrected chi connectivity index (χ1v) is 3.52. The zero-order chi connectivity index (χ0) is 6.62. The van der Waals surface area contributed by atoms with Crippen molar-refractivity contribution in [3.05, 3.63) is 0 Å². The van der Waals surface area contributed by atoms with Gasteiger partial charge in [-0.3, -0.25) is 0 Å². The Morgan fingerprint density at radius 1 is 1.00 bits per heavy atom. The van der Waals surface area contributed by atoms with Crippen molar-refractivity contribution in [3.8, 4) is 0 Å². The minimum Gasteiger partial charge on any atom is -0.141 e. The third-order valence-corrected chi connectivity index (χ3v) is 1.87. The predicted molar refractivity (Wildman–Crippen MR) is 39.8 cm³/mol. The second kappa shape index (κ2) is 2.64. The Kier molecular flexibility index (Phi) is 2.45. The van der Waals surface area contributed by atoms with Gasteiger partial charge in [-0.1, -0.05) is 14.3 Å². The lowest BCUT2D eigenvalue weighted by molar-refractivity contribution is 1.54. The van der Waals surface area contributed by atoms with Gasteiger partial charge in [0.1, 0.15) is 0 Å². The molecule has 0 unspecified atom stereocenters. The highest BCUT2D eigenvalue weighted by Gasteiger charge is 2.27. The van der Waals surface area contributed by atoms with Crippen LogP contribution < -0.4 is 5.50 Å². The van der Waals surface area contributed by atoms with Crippen molar-refractivity contribution in [1.29, 1.82) is 0 Å². The van der Waals surface area contributed by atoms with E-state index in [2.05, 4.69) is 34.4 Å². The van der Waals surface area contributed by atoms with Gasteiger partial charge in [0.05, 0.1) is 0 Å². The lowest BCUT2D eigenvalue weighted by atomic mass is 11.8. The second-order valence-electron chi connectivity index (χ2n) is 1.04. The Morgan fingerprint density at radius 3 is 1.25 bits per heavy atom. The summed E-state index contributed by atoms with van der Waals surface area (Å²) in [6, 6.07) is 0. The summed E-state index contributed by atoms with van der Waals surface area (Å²) in [6.07, 6.45) is 0. The van der Waals surface area contributed by atoms with Crippen LogP contribution in [0, 0.1) is 0 Å². The fourth-order valence-electron chi connectivity index (χ4n) is 0.134. The predicted octanol–water partition coefficient (Wildman–Crippen LogP) is 0.725. The first kappa shape index (κ1) is 7.40. The van der Waals surface area contributed by atoms with E-state index in [1.54, 1.807) is 0 Å². The highest BCUT2D eigenvalue weighted by molar-refractivity contribution is 7.70. The molecule has 0 bridgehead atoms. The largest absolute Gasteiger partial charge is 0.439 e. The fourth-order valence-corrected chi connectivity index (χ4v) is 0.402. The van der Waals surface area contributed by atoms with Gasteiger partial charge in [0.15, 0.2) is 0 Å². The zero-order valence-corrected chi connectivity index (χ0v) is 5.38. The Hall–Kier alpha value is -0.600. The van der Waals surface area contributed by atoms with Crippen LogP contribution in [0.15, 0.2) is 14.3 Å². The maximum atomic E-state index is 5.32. The van der Waals surface area contributed by atoms with Crippen LogP contribution in [0.2, 0.25) is 0 Å². The topological polar surface area (TPSA) is 63.1 Å². The fraction of sp³-hybridized carbons (Fsp3) is 0. The van der Waals surface area contributed by atoms with Gasteiger partial charge in [-0.2, -0.15) is 0 Å². The number of nitrogens with two attached hydrogens (primary N) is 1. The van der Waals surface area contributed by atoms with Crippen LogP contribution in [0.25, 0.3) is 0 Å². The van der Waals surface area contributed by atoms with Crippen molar-refractivity contribution in [3.63, 3.8) is 0 Å². The lowest BCUT2D eigenvalue weighted by Crippen LogP contribution is -1.92. The van der Waals surface area contributed by atoms with Crippen LogP contribution in [0.4, 0.5) is 0 Å². The van der Waals surface area contributed by atoms with Gasteiger partial charge >= 0.3 is 7.87 Å². The number of hydrogen-bond donors (Lipinski definition) is 1. The van der Waals surface area contributed by atoms with Crippen molar-refractivity contribution < 1.29 is 0 Å². The molecule has 0 aromatic carbocycles. The molecule has 0 aliphatic heterocycles. The van der Waals surface area contributed by atoms with Crippen LogP contribution in [0.3, 0.4) is 0 Å². The molecule has 44 valence electrons. The maximum Gasteiger partial charge on any atom is 0.439 e. The number of rotatable bonds is 3. The summed E-state index contributed by atoms with van der Waals surface area (Å²) in [5.41, 5.74) is 5.32. The Morgan fingerprint density at radius 2 is 1.25 bits per heavy atom. The smallest absolute Gasteiger partial charge is 0.141 e. The van der Waals surface area contributed by atoms with E-state index < -0.39 is 7.87 Å². The first-order chi connectivity index (χ1) is 3.68. The van der Waals surface area contributed by atoms with Gasteiger partial charge < -0.3 is 0 Å². The summed E-state index contributed by atoms with van der Waals surface area (Å²) in [6.45, 7) is 9.54. The molecule has 0 aromatic rings. The summed E-state index contributed by atoms with van der Waals surface area (Å²) in [4.78, 5) is 0. The van der Waals surface area contributed by atoms with Gasteiger partial charge in [0.2, 0.25) is 0 Å². The molecular weight excluding hydrogens is 123 g/mol. The summed E-state index contributed by atoms with van der Waals surface area (Å²) in [5, 5.41) is 0. The molecule has 8 heavy (non-hydrogen) atoms. The molecule has 0 spiro atoms. The van der Waals surface area contributed by atoms with E-state index in [1.807, 2.05) is 0 Å². The molecule has 0 rings (SSSR count). The summed E-state index contributed by atoms with van der Waals surface area (Å²) >= 11 is 0. The van der Waals surface area contributed by atoms with Gasteiger partial charge in [0, 0.05) is 20.2 Å². The van der Waals surface area contributed by atoms with Gasteiger partial charge in [-0.05, 0) is 0 Å². The third-order valence-electron chi connectivity index (χ3n) is 0.624. The number of nitrogens with zero attached hydrogens (tertiary/aromatic N) is 3. The summed E-state index contributed by atoms with van der Waals surface area (Å²) in [5.74, 6) is 0. The summed E-state index contributed by atoms with van der Waals surface area (Å²) < 4.78 is 10.3. The SMILES string of the molecule is C=N[P+](N)(N=C)N=C. The minimum absolute atomic E-state index is 2.37. The van der Waals surface area contributed by atoms with E-state index >= 15 is 0 Å². The molecule has 0 aliphatic rings. The molecule has 0 saturated carbocycles. The van der Waals surface area contributed by atoms with Crippen molar-refractivity contribution in [2.24, 2.45) is 19.8 Å². The average Bonchev–Trinajstić information content (AvgIpc) is 1.87. The molecular formula is C3H8N4P+. The van der Waals surface area contributed by atoms with Crippen LogP contribution in [0.1, 0.15) is 0 Å². The normalized spacial score (nSPS) is 10.1. The third kappa shape index (κ3) is 1.48. The van der Waals surface area contributed by atoms with Crippen LogP contribution in [-0.4, -0.2) is 20.2 Å². The second-order valence-corrected chi connectivity index (χ2v) is 3.12.